The fraction of sp³-hybridized carbons (Fsp3) is 0.909. The first-order valence-corrected chi connectivity index (χ1v) is 11.8. The summed E-state index contributed by atoms with van der Waals surface area (Å²) in [6.45, 7) is 11.1. The lowest BCUT2D eigenvalue weighted by molar-refractivity contribution is -0.132. The number of amides is 1. The van der Waals surface area contributed by atoms with E-state index in [1.165, 1.54) is 12.8 Å². The van der Waals surface area contributed by atoms with E-state index < -0.39 is 0 Å². The second-order valence-electron chi connectivity index (χ2n) is 8.73. The zero-order valence-electron chi connectivity index (χ0n) is 19.4. The number of ether oxygens (including phenoxy) is 2. The number of aliphatic imine (C=N–C) groups is 1. The van der Waals surface area contributed by atoms with Gasteiger partial charge in [0.2, 0.25) is 5.91 Å². The lowest BCUT2D eigenvalue weighted by atomic mass is 9.94. The van der Waals surface area contributed by atoms with Crippen molar-refractivity contribution in [2.24, 2.45) is 4.99 Å². The van der Waals surface area contributed by atoms with Crippen molar-refractivity contribution >= 4 is 35.8 Å². The Hall–Kier alpha value is -0.650. The third-order valence-electron chi connectivity index (χ3n) is 6.68. The molecule has 0 bridgehead atoms. The summed E-state index contributed by atoms with van der Waals surface area (Å²) in [6.07, 6.45) is 6.59. The molecule has 0 saturated carbocycles. The maximum atomic E-state index is 12.7. The molecule has 3 fully saturated rings. The average Bonchev–Trinajstić information content (AvgIpc) is 3.08. The van der Waals surface area contributed by atoms with Crippen molar-refractivity contribution in [2.45, 2.75) is 51.0 Å². The molecule has 1 amide bonds. The quantitative estimate of drug-likeness (QED) is 0.309. The Labute approximate surface area is 205 Å². The number of likely N-dealkylation sites (tertiary alicyclic amines) is 1. The first kappa shape index (κ1) is 26.6. The molecule has 0 atom stereocenters. The van der Waals surface area contributed by atoms with Gasteiger partial charge in [-0.2, -0.15) is 0 Å². The molecule has 0 aromatic heterocycles. The van der Waals surface area contributed by atoms with Crippen LogP contribution in [0, 0.1) is 0 Å². The van der Waals surface area contributed by atoms with E-state index in [2.05, 4.69) is 26.9 Å². The number of piperazine rings is 1. The van der Waals surface area contributed by atoms with Gasteiger partial charge in [-0.3, -0.25) is 14.7 Å². The SMILES string of the molecule is CCNC(=NCC1(OC)CCOCC1)N1CCN(CC(=O)N2CCCCCC2)CC1.I. The van der Waals surface area contributed by atoms with Gasteiger partial charge in [-0.15, -0.1) is 24.0 Å². The van der Waals surface area contributed by atoms with Gasteiger partial charge < -0.3 is 24.6 Å². The van der Waals surface area contributed by atoms with Gasteiger partial charge in [0, 0.05) is 79.0 Å². The van der Waals surface area contributed by atoms with Crippen LogP contribution in [0.4, 0.5) is 0 Å². The smallest absolute Gasteiger partial charge is 0.236 e. The maximum Gasteiger partial charge on any atom is 0.236 e. The maximum absolute atomic E-state index is 12.7. The van der Waals surface area contributed by atoms with Gasteiger partial charge in [-0.1, -0.05) is 12.8 Å². The highest BCUT2D eigenvalue weighted by Gasteiger charge is 2.33. The summed E-state index contributed by atoms with van der Waals surface area (Å²) in [4.78, 5) is 24.3. The molecular formula is C22H42IN5O3. The van der Waals surface area contributed by atoms with Gasteiger partial charge >= 0.3 is 0 Å². The summed E-state index contributed by atoms with van der Waals surface area (Å²) in [5.41, 5.74) is -0.208. The van der Waals surface area contributed by atoms with E-state index in [-0.39, 0.29) is 29.6 Å². The lowest BCUT2D eigenvalue weighted by Crippen LogP contribution is -2.54. The Morgan fingerprint density at radius 1 is 1.00 bits per heavy atom. The third-order valence-corrected chi connectivity index (χ3v) is 6.68. The molecule has 0 unspecified atom stereocenters. The van der Waals surface area contributed by atoms with E-state index in [0.717, 1.165) is 90.7 Å². The number of methoxy groups -OCH3 is 1. The minimum atomic E-state index is -0.208. The normalized spacial score (nSPS) is 23.1. The predicted octanol–water partition coefficient (Wildman–Crippen LogP) is 1.79. The highest BCUT2D eigenvalue weighted by atomic mass is 127. The predicted molar refractivity (Wildman–Crippen MR) is 134 cm³/mol. The second-order valence-corrected chi connectivity index (χ2v) is 8.73. The molecule has 9 heteroatoms. The number of hydrogen-bond donors (Lipinski definition) is 1. The number of carbonyl (C=O) groups excluding carboxylic acids is 1. The minimum Gasteiger partial charge on any atom is -0.381 e. The van der Waals surface area contributed by atoms with Gasteiger partial charge in [0.15, 0.2) is 5.96 Å². The van der Waals surface area contributed by atoms with Crippen molar-refractivity contribution in [1.29, 1.82) is 0 Å². The Morgan fingerprint density at radius 3 is 2.23 bits per heavy atom. The van der Waals surface area contributed by atoms with Crippen molar-refractivity contribution in [1.82, 2.24) is 20.0 Å². The van der Waals surface area contributed by atoms with E-state index >= 15 is 0 Å². The number of rotatable bonds is 6. The lowest BCUT2D eigenvalue weighted by Gasteiger charge is -2.38. The molecule has 0 aromatic rings. The molecule has 3 saturated heterocycles. The van der Waals surface area contributed by atoms with Crippen LogP contribution in [0.1, 0.15) is 45.4 Å². The number of nitrogens with one attached hydrogen (secondary N) is 1. The molecule has 8 nitrogen and oxygen atoms in total. The second kappa shape index (κ2) is 13.8. The number of halogens is 1. The number of carbonyl (C=O) groups is 1. The molecule has 0 aromatic carbocycles. The van der Waals surface area contributed by atoms with Crippen molar-refractivity contribution in [3.05, 3.63) is 0 Å². The Bertz CT molecular complexity index is 555. The van der Waals surface area contributed by atoms with Gasteiger partial charge in [0.25, 0.3) is 0 Å². The van der Waals surface area contributed by atoms with Gasteiger partial charge in [-0.25, -0.2) is 0 Å². The van der Waals surface area contributed by atoms with Crippen molar-refractivity contribution in [3.8, 4) is 0 Å². The summed E-state index contributed by atoms with van der Waals surface area (Å²) in [5, 5.41) is 3.44. The molecule has 31 heavy (non-hydrogen) atoms. The molecule has 0 aliphatic carbocycles. The number of nitrogens with zero attached hydrogens (tertiary/aromatic N) is 4. The van der Waals surface area contributed by atoms with Crippen LogP contribution in [-0.4, -0.2) is 111 Å². The number of hydrogen-bond acceptors (Lipinski definition) is 5. The van der Waals surface area contributed by atoms with Crippen LogP contribution in [-0.2, 0) is 14.3 Å². The van der Waals surface area contributed by atoms with Crippen molar-refractivity contribution in [3.63, 3.8) is 0 Å². The third kappa shape index (κ3) is 8.01. The molecule has 3 heterocycles. The molecule has 0 spiro atoms. The van der Waals surface area contributed by atoms with E-state index in [1.807, 2.05) is 0 Å². The molecule has 3 aliphatic rings. The molecule has 180 valence electrons. The highest BCUT2D eigenvalue weighted by Crippen LogP contribution is 2.25. The van der Waals surface area contributed by atoms with Crippen LogP contribution >= 0.6 is 24.0 Å². The summed E-state index contributed by atoms with van der Waals surface area (Å²) < 4.78 is 11.3. The van der Waals surface area contributed by atoms with Crippen LogP contribution in [0.25, 0.3) is 0 Å². The minimum absolute atomic E-state index is 0. The first-order chi connectivity index (χ1) is 14.7. The zero-order chi connectivity index (χ0) is 21.2. The van der Waals surface area contributed by atoms with Crippen molar-refractivity contribution < 1.29 is 14.3 Å². The van der Waals surface area contributed by atoms with Gasteiger partial charge in [0.05, 0.1) is 18.7 Å². The summed E-state index contributed by atoms with van der Waals surface area (Å²) in [6, 6.07) is 0. The molecule has 0 radical (unpaired) electrons. The topological polar surface area (TPSA) is 69.6 Å². The Kier molecular flexibility index (Phi) is 11.8. The van der Waals surface area contributed by atoms with Crippen LogP contribution < -0.4 is 5.32 Å². The monoisotopic (exact) mass is 551 g/mol. The summed E-state index contributed by atoms with van der Waals surface area (Å²) in [7, 11) is 1.79. The van der Waals surface area contributed by atoms with Crippen LogP contribution in [0.5, 0.6) is 0 Å². The van der Waals surface area contributed by atoms with E-state index in [1.54, 1.807) is 7.11 Å². The largest absolute Gasteiger partial charge is 0.381 e. The van der Waals surface area contributed by atoms with Crippen LogP contribution in [0.15, 0.2) is 4.99 Å². The zero-order valence-corrected chi connectivity index (χ0v) is 21.8. The van der Waals surface area contributed by atoms with E-state index in [0.29, 0.717) is 19.0 Å². The van der Waals surface area contributed by atoms with E-state index in [9.17, 15) is 4.79 Å². The summed E-state index contributed by atoms with van der Waals surface area (Å²) >= 11 is 0. The number of guanidine groups is 1. The van der Waals surface area contributed by atoms with Crippen LogP contribution in [0.3, 0.4) is 0 Å². The Balaban J connectivity index is 0.00000341. The molecule has 3 rings (SSSR count). The molecular weight excluding hydrogens is 509 g/mol. The first-order valence-electron chi connectivity index (χ1n) is 11.8. The van der Waals surface area contributed by atoms with Gasteiger partial charge in [-0.05, 0) is 19.8 Å². The highest BCUT2D eigenvalue weighted by molar-refractivity contribution is 14.0. The summed E-state index contributed by atoms with van der Waals surface area (Å²) in [5.74, 6) is 1.26. The van der Waals surface area contributed by atoms with Crippen LogP contribution in [0.2, 0.25) is 0 Å². The standard InChI is InChI=1S/C22H41N5O3.HI/c1-3-23-21(24-19-22(29-2)8-16-30-17-9-22)27-14-12-25(13-15-27)18-20(28)26-10-6-4-5-7-11-26;/h3-19H2,1-2H3,(H,23,24);1H. The fourth-order valence-corrected chi connectivity index (χ4v) is 4.54. The molecule has 1 N–H and O–H groups in total. The van der Waals surface area contributed by atoms with Gasteiger partial charge in [0.1, 0.15) is 0 Å². The Morgan fingerprint density at radius 2 is 1.65 bits per heavy atom. The fourth-order valence-electron chi connectivity index (χ4n) is 4.54. The average molecular weight is 552 g/mol. The van der Waals surface area contributed by atoms with Crippen molar-refractivity contribution in [2.75, 3.05) is 79.2 Å². The molecule has 3 aliphatic heterocycles. The van der Waals surface area contributed by atoms with E-state index in [4.69, 9.17) is 14.5 Å².